The van der Waals surface area contributed by atoms with Gasteiger partial charge in [-0.3, -0.25) is 4.99 Å². The fourth-order valence-electron chi connectivity index (χ4n) is 1.49. The van der Waals surface area contributed by atoms with Gasteiger partial charge in [-0.1, -0.05) is 12.1 Å². The molecule has 0 fully saturated rings. The first-order chi connectivity index (χ1) is 7.78. The van der Waals surface area contributed by atoms with E-state index in [-0.39, 0.29) is 24.0 Å². The summed E-state index contributed by atoms with van der Waals surface area (Å²) in [7, 11) is 0. The minimum atomic E-state index is 0. The van der Waals surface area contributed by atoms with Gasteiger partial charge in [-0.2, -0.15) is 4.98 Å². The Labute approximate surface area is 118 Å². The van der Waals surface area contributed by atoms with E-state index in [1.807, 2.05) is 6.92 Å². The van der Waals surface area contributed by atoms with E-state index < -0.39 is 0 Å². The van der Waals surface area contributed by atoms with Crippen LogP contribution in [0.2, 0.25) is 0 Å². The second kappa shape index (κ2) is 6.77. The molecule has 2 rings (SSSR count). The van der Waals surface area contributed by atoms with Gasteiger partial charge < -0.3 is 15.2 Å². The highest BCUT2D eigenvalue weighted by molar-refractivity contribution is 14.0. The van der Waals surface area contributed by atoms with E-state index in [0.717, 1.165) is 37.7 Å². The molecule has 0 saturated heterocycles. The number of nitrogens with one attached hydrogen (secondary N) is 2. The second-order valence-corrected chi connectivity index (χ2v) is 3.87. The number of rotatable bonds is 4. The fraction of sp³-hybridized carbons (Fsp3) is 0.700. The number of aromatic nitrogens is 2. The number of aliphatic imine (C=N–C) groups is 1. The molecule has 0 saturated carbocycles. The summed E-state index contributed by atoms with van der Waals surface area (Å²) in [6.45, 7) is 5.70. The maximum Gasteiger partial charge on any atom is 0.226 e. The third-order valence-corrected chi connectivity index (χ3v) is 2.36. The van der Waals surface area contributed by atoms with Crippen LogP contribution in [0.15, 0.2) is 9.52 Å². The third kappa shape index (κ3) is 4.14. The van der Waals surface area contributed by atoms with E-state index in [2.05, 4.69) is 32.7 Å². The molecule has 0 aliphatic carbocycles. The smallest absolute Gasteiger partial charge is 0.226 e. The van der Waals surface area contributed by atoms with Crippen molar-refractivity contribution < 1.29 is 4.52 Å². The second-order valence-electron chi connectivity index (χ2n) is 3.87. The predicted molar refractivity (Wildman–Crippen MR) is 75.7 cm³/mol. The van der Waals surface area contributed by atoms with Gasteiger partial charge in [-0.25, -0.2) is 0 Å². The topological polar surface area (TPSA) is 75.3 Å². The van der Waals surface area contributed by atoms with E-state index in [9.17, 15) is 0 Å². The Balaban J connectivity index is 0.00000144. The molecule has 1 aliphatic rings. The lowest BCUT2D eigenvalue weighted by Gasteiger charge is -2.06. The molecule has 0 bridgehead atoms. The molecule has 1 unspecified atom stereocenters. The minimum Gasteiger partial charge on any atom is -0.356 e. The zero-order valence-electron chi connectivity index (χ0n) is 10.1. The minimum absolute atomic E-state index is 0. The van der Waals surface area contributed by atoms with Gasteiger partial charge in [0, 0.05) is 25.4 Å². The zero-order chi connectivity index (χ0) is 11.4. The molecule has 1 aromatic rings. The van der Waals surface area contributed by atoms with Gasteiger partial charge in [0.2, 0.25) is 5.89 Å². The number of hydrogen-bond donors (Lipinski definition) is 2. The number of hydrogen-bond acceptors (Lipinski definition) is 6. The van der Waals surface area contributed by atoms with Crippen LogP contribution >= 0.6 is 24.0 Å². The van der Waals surface area contributed by atoms with E-state index >= 15 is 0 Å². The average molecular weight is 351 g/mol. The summed E-state index contributed by atoms with van der Waals surface area (Å²) in [5.41, 5.74) is 0. The van der Waals surface area contributed by atoms with Crippen LogP contribution in [-0.4, -0.2) is 35.2 Å². The first kappa shape index (κ1) is 14.2. The average Bonchev–Trinajstić information content (AvgIpc) is 2.88. The van der Waals surface area contributed by atoms with E-state index in [0.29, 0.717) is 11.9 Å². The Morgan fingerprint density at radius 2 is 2.35 bits per heavy atom. The Hall–Kier alpha value is -0.860. The highest BCUT2D eigenvalue weighted by atomic mass is 127. The van der Waals surface area contributed by atoms with Gasteiger partial charge in [0.15, 0.2) is 11.8 Å². The van der Waals surface area contributed by atoms with Crippen LogP contribution in [0.4, 0.5) is 0 Å². The monoisotopic (exact) mass is 351 g/mol. The van der Waals surface area contributed by atoms with Crippen LogP contribution < -0.4 is 10.6 Å². The summed E-state index contributed by atoms with van der Waals surface area (Å²) in [4.78, 5) is 8.53. The van der Waals surface area contributed by atoms with Crippen LogP contribution in [0.1, 0.15) is 25.6 Å². The van der Waals surface area contributed by atoms with E-state index in [1.54, 1.807) is 0 Å². The molecule has 6 nitrogen and oxygen atoms in total. The fourth-order valence-corrected chi connectivity index (χ4v) is 1.49. The highest BCUT2D eigenvalue weighted by Crippen LogP contribution is 1.98. The highest BCUT2D eigenvalue weighted by Gasteiger charge is 2.11. The van der Waals surface area contributed by atoms with Gasteiger partial charge in [0.05, 0.1) is 6.54 Å². The van der Waals surface area contributed by atoms with Crippen LogP contribution in [-0.2, 0) is 12.8 Å². The van der Waals surface area contributed by atoms with Gasteiger partial charge in [-0.05, 0) is 6.92 Å². The summed E-state index contributed by atoms with van der Waals surface area (Å²) in [6.07, 6.45) is 1.53. The van der Waals surface area contributed by atoms with Gasteiger partial charge in [0.25, 0.3) is 0 Å². The molecule has 2 heterocycles. The molecule has 1 aromatic heterocycles. The third-order valence-electron chi connectivity index (χ3n) is 2.36. The summed E-state index contributed by atoms with van der Waals surface area (Å²) in [5.74, 6) is 2.31. The molecule has 0 radical (unpaired) electrons. The van der Waals surface area contributed by atoms with Crippen molar-refractivity contribution in [2.45, 2.75) is 32.7 Å². The van der Waals surface area contributed by atoms with Crippen molar-refractivity contribution in [2.24, 2.45) is 4.99 Å². The maximum atomic E-state index is 5.02. The Morgan fingerprint density at radius 1 is 1.53 bits per heavy atom. The Bertz CT molecular complexity index is 379. The standard InChI is InChI=1S/C10H17N5O.HI/c1-3-9-14-8(15-16-9)4-5-11-10-12-6-7(2)13-10;/h7H,3-6H2,1-2H3,(H2,11,12,13);1H. The van der Waals surface area contributed by atoms with Crippen molar-refractivity contribution >= 4 is 29.9 Å². The van der Waals surface area contributed by atoms with Crippen molar-refractivity contribution in [3.05, 3.63) is 11.7 Å². The molecule has 2 N–H and O–H groups in total. The lowest BCUT2D eigenvalue weighted by atomic mass is 10.4. The van der Waals surface area contributed by atoms with Gasteiger partial charge in [-0.15, -0.1) is 24.0 Å². The van der Waals surface area contributed by atoms with Crippen LogP contribution in [0.25, 0.3) is 0 Å². The largest absolute Gasteiger partial charge is 0.356 e. The van der Waals surface area contributed by atoms with Gasteiger partial charge >= 0.3 is 0 Å². The molecule has 0 spiro atoms. The zero-order valence-corrected chi connectivity index (χ0v) is 12.4. The lowest BCUT2D eigenvalue weighted by Crippen LogP contribution is -2.38. The van der Waals surface area contributed by atoms with Crippen molar-refractivity contribution in [1.82, 2.24) is 20.8 Å². The SMILES string of the molecule is CCc1nc(CCNC2=NCC(C)N2)no1.I. The molecule has 17 heavy (non-hydrogen) atoms. The van der Waals surface area contributed by atoms with Crippen LogP contribution in [0, 0.1) is 0 Å². The summed E-state index contributed by atoms with van der Waals surface area (Å²) in [6, 6.07) is 0.430. The number of guanidine groups is 1. The maximum absolute atomic E-state index is 5.02. The molecule has 0 aromatic carbocycles. The molecule has 0 amide bonds. The van der Waals surface area contributed by atoms with Crippen molar-refractivity contribution in [3.8, 4) is 0 Å². The van der Waals surface area contributed by atoms with Crippen molar-refractivity contribution in [2.75, 3.05) is 13.1 Å². The summed E-state index contributed by atoms with van der Waals surface area (Å²) in [5, 5.41) is 10.3. The van der Waals surface area contributed by atoms with E-state index in [4.69, 9.17) is 4.52 Å². The van der Waals surface area contributed by atoms with Crippen molar-refractivity contribution in [1.29, 1.82) is 0 Å². The normalized spacial score (nSPS) is 18.2. The number of halogens is 1. The molecule has 96 valence electrons. The first-order valence-electron chi connectivity index (χ1n) is 5.64. The quantitative estimate of drug-likeness (QED) is 0.783. The first-order valence-corrected chi connectivity index (χ1v) is 5.64. The van der Waals surface area contributed by atoms with Crippen molar-refractivity contribution in [3.63, 3.8) is 0 Å². The van der Waals surface area contributed by atoms with Crippen LogP contribution in [0.5, 0.6) is 0 Å². The molecule has 7 heteroatoms. The molecule has 1 atom stereocenters. The Kier molecular flexibility index (Phi) is 5.66. The van der Waals surface area contributed by atoms with Gasteiger partial charge in [0.1, 0.15) is 0 Å². The number of aryl methyl sites for hydroxylation is 1. The summed E-state index contributed by atoms with van der Waals surface area (Å²) < 4.78 is 5.02. The predicted octanol–water partition coefficient (Wildman–Crippen LogP) is 0.730. The lowest BCUT2D eigenvalue weighted by molar-refractivity contribution is 0.376. The molecular formula is C10H18IN5O. The molecular weight excluding hydrogens is 333 g/mol. The number of nitrogens with zero attached hydrogens (tertiary/aromatic N) is 3. The van der Waals surface area contributed by atoms with Crippen LogP contribution in [0.3, 0.4) is 0 Å². The summed E-state index contributed by atoms with van der Waals surface area (Å²) >= 11 is 0. The molecule has 1 aliphatic heterocycles. The Morgan fingerprint density at radius 3 is 2.94 bits per heavy atom. The van der Waals surface area contributed by atoms with E-state index in [1.165, 1.54) is 0 Å².